The molecular weight excluding hydrogens is 737 g/mol. The van der Waals surface area contributed by atoms with Gasteiger partial charge in [-0.2, -0.15) is 0 Å². The summed E-state index contributed by atoms with van der Waals surface area (Å²) in [7, 11) is -4.60. The Kier molecular flexibility index (Phi) is 10.6. The number of aromatic amines is 1. The first-order valence-corrected chi connectivity index (χ1v) is 21.2. The maximum Gasteiger partial charge on any atom is 0.312 e. The van der Waals surface area contributed by atoms with Crippen LogP contribution in [-0.2, 0) is 14.8 Å². The number of aryl methyl sites for hydroxylation is 1. The Hall–Kier alpha value is -4.80. The largest absolute Gasteiger partial charge is 0.455 e. The molecule has 5 heterocycles. The molecule has 56 heavy (non-hydrogen) atoms. The Bertz CT molecular complexity index is 2200. The number of hydrogen-bond acceptors (Lipinski definition) is 12. The van der Waals surface area contributed by atoms with E-state index in [0.717, 1.165) is 95.1 Å². The highest BCUT2D eigenvalue weighted by Gasteiger charge is 2.48. The molecule has 1 aromatic carbocycles. The molecule has 4 aliphatic rings. The standard InChI is InChI=1S/C40H50N8O7S/c1-26-3-5-28(6-4-26)24-42-38-34(48(50)51)21-36(27(2)44-38)56(52,53)45-39(49)33-8-7-30(20-35(33)55-32-19-29-9-12-41-37(29)43-25-32)46-13-10-40(11-14-46)22-31(23-40)47-15-17-54-18-16-47/h7-9,12,19-21,25-26,28,31H,3-6,10-11,13-18,22-24H2,1-2H3,(H,41,43)(H,42,44)(H,45,49)/t26-,28+. The van der Waals surface area contributed by atoms with Crippen LogP contribution in [0.2, 0.25) is 0 Å². The van der Waals surface area contributed by atoms with Gasteiger partial charge in [-0.25, -0.2) is 23.1 Å². The van der Waals surface area contributed by atoms with Crippen molar-refractivity contribution in [2.24, 2.45) is 17.3 Å². The first-order valence-electron chi connectivity index (χ1n) is 19.7. The monoisotopic (exact) mass is 786 g/mol. The number of morpholine rings is 1. The molecule has 0 unspecified atom stereocenters. The second kappa shape index (κ2) is 15.6. The Morgan fingerprint density at radius 3 is 2.55 bits per heavy atom. The van der Waals surface area contributed by atoms with Crippen LogP contribution >= 0.6 is 0 Å². The highest BCUT2D eigenvalue weighted by atomic mass is 32.2. The third-order valence-electron chi connectivity index (χ3n) is 12.5. The number of rotatable bonds is 11. The molecule has 0 bridgehead atoms. The van der Waals surface area contributed by atoms with Crippen LogP contribution in [0.25, 0.3) is 11.0 Å². The lowest BCUT2D eigenvalue weighted by Crippen LogP contribution is -2.57. The van der Waals surface area contributed by atoms with Crippen LogP contribution in [0.5, 0.6) is 11.5 Å². The molecule has 1 spiro atoms. The minimum Gasteiger partial charge on any atom is -0.455 e. The smallest absolute Gasteiger partial charge is 0.312 e. The number of carbonyl (C=O) groups is 1. The Morgan fingerprint density at radius 1 is 1.07 bits per heavy atom. The van der Waals surface area contributed by atoms with Gasteiger partial charge in [0, 0.05) is 68.2 Å². The molecule has 2 aliphatic heterocycles. The van der Waals surface area contributed by atoms with E-state index in [1.165, 1.54) is 26.0 Å². The Morgan fingerprint density at radius 2 is 1.82 bits per heavy atom. The number of nitrogens with one attached hydrogen (secondary N) is 3. The summed E-state index contributed by atoms with van der Waals surface area (Å²) in [6, 6.07) is 10.4. The number of pyridine rings is 2. The predicted molar refractivity (Wildman–Crippen MR) is 212 cm³/mol. The quantitative estimate of drug-likeness (QED) is 0.112. The predicted octanol–water partition coefficient (Wildman–Crippen LogP) is 6.40. The lowest BCUT2D eigenvalue weighted by atomic mass is 9.60. The molecule has 8 rings (SSSR count). The molecule has 1 amide bonds. The zero-order valence-electron chi connectivity index (χ0n) is 32.0. The van der Waals surface area contributed by atoms with Crippen LogP contribution in [0, 0.1) is 34.3 Å². The fourth-order valence-electron chi connectivity index (χ4n) is 8.99. The molecule has 2 aliphatic carbocycles. The number of aromatic nitrogens is 3. The summed E-state index contributed by atoms with van der Waals surface area (Å²) < 4.78 is 41.6. The van der Waals surface area contributed by atoms with Gasteiger partial charge < -0.3 is 24.7 Å². The molecule has 4 aromatic rings. The highest BCUT2D eigenvalue weighted by molar-refractivity contribution is 7.90. The van der Waals surface area contributed by atoms with E-state index in [2.05, 4.69) is 41.7 Å². The van der Waals surface area contributed by atoms with Crippen molar-refractivity contribution in [1.29, 1.82) is 0 Å². The van der Waals surface area contributed by atoms with Crippen molar-refractivity contribution < 1.29 is 27.6 Å². The number of ether oxygens (including phenoxy) is 2. The molecular formula is C40H50N8O7S. The minimum atomic E-state index is -4.60. The number of nitro groups is 1. The summed E-state index contributed by atoms with van der Waals surface area (Å²) in [4.78, 5) is 41.6. The van der Waals surface area contributed by atoms with E-state index in [0.29, 0.717) is 41.2 Å². The van der Waals surface area contributed by atoms with Crippen LogP contribution in [0.15, 0.2) is 53.7 Å². The number of sulfonamides is 1. The van der Waals surface area contributed by atoms with Gasteiger partial charge in [0.15, 0.2) is 0 Å². The number of hydrogen-bond donors (Lipinski definition) is 3. The number of fused-ring (bicyclic) bond motifs is 1. The van der Waals surface area contributed by atoms with Crippen LogP contribution in [0.1, 0.15) is 74.3 Å². The lowest BCUT2D eigenvalue weighted by Gasteiger charge is -2.56. The summed E-state index contributed by atoms with van der Waals surface area (Å²) in [6.45, 7) is 9.50. The van der Waals surface area contributed by atoms with E-state index in [4.69, 9.17) is 9.47 Å². The van der Waals surface area contributed by atoms with Crippen molar-refractivity contribution in [3.8, 4) is 11.5 Å². The Labute approximate surface area is 326 Å². The van der Waals surface area contributed by atoms with Gasteiger partial charge in [0.1, 0.15) is 22.0 Å². The van der Waals surface area contributed by atoms with Gasteiger partial charge in [-0.3, -0.25) is 19.8 Å². The second-order valence-corrected chi connectivity index (χ2v) is 17.9. The fraction of sp³-hybridized carbons (Fsp3) is 0.525. The third-order valence-corrected chi connectivity index (χ3v) is 13.9. The number of anilines is 2. The summed E-state index contributed by atoms with van der Waals surface area (Å²) in [5.41, 5.74) is 1.40. The number of H-pyrrole nitrogens is 1. The van der Waals surface area contributed by atoms with E-state index >= 15 is 0 Å². The van der Waals surface area contributed by atoms with Gasteiger partial charge in [0.2, 0.25) is 5.82 Å². The third kappa shape index (κ3) is 8.04. The van der Waals surface area contributed by atoms with E-state index in [9.17, 15) is 23.3 Å². The van der Waals surface area contributed by atoms with Crippen LogP contribution < -0.4 is 19.7 Å². The van der Waals surface area contributed by atoms with Crippen LogP contribution in [0.4, 0.5) is 17.2 Å². The van der Waals surface area contributed by atoms with Crippen molar-refractivity contribution >= 4 is 44.2 Å². The maximum atomic E-state index is 13.9. The highest BCUT2D eigenvalue weighted by Crippen LogP contribution is 2.51. The van der Waals surface area contributed by atoms with Gasteiger partial charge >= 0.3 is 5.69 Å². The topological polar surface area (TPSA) is 185 Å². The molecule has 298 valence electrons. The van der Waals surface area contributed by atoms with Gasteiger partial charge in [-0.1, -0.05) is 19.8 Å². The molecule has 2 saturated heterocycles. The summed E-state index contributed by atoms with van der Waals surface area (Å²) >= 11 is 0. The van der Waals surface area contributed by atoms with Crippen molar-refractivity contribution in [2.75, 3.05) is 56.2 Å². The normalized spacial score (nSPS) is 21.8. The first kappa shape index (κ1) is 38.1. The van der Waals surface area contributed by atoms with E-state index in [1.807, 2.05) is 12.1 Å². The summed E-state index contributed by atoms with van der Waals surface area (Å²) in [5, 5.41) is 16.0. The summed E-state index contributed by atoms with van der Waals surface area (Å²) in [6.07, 6.45) is 12.1. The summed E-state index contributed by atoms with van der Waals surface area (Å²) in [5.74, 6) is 0.597. The number of amides is 1. The zero-order chi connectivity index (χ0) is 39.0. The molecule has 3 N–H and O–H groups in total. The van der Waals surface area contributed by atoms with Crippen molar-refractivity contribution in [1.82, 2.24) is 24.6 Å². The van der Waals surface area contributed by atoms with E-state index in [1.54, 1.807) is 24.4 Å². The van der Waals surface area contributed by atoms with Gasteiger partial charge in [-0.15, -0.1) is 0 Å². The number of piperidine rings is 1. The maximum absolute atomic E-state index is 13.9. The van der Waals surface area contributed by atoms with Crippen LogP contribution in [-0.4, -0.2) is 91.1 Å². The lowest BCUT2D eigenvalue weighted by molar-refractivity contribution is -0.384. The molecule has 4 fully saturated rings. The van der Waals surface area contributed by atoms with Gasteiger partial charge in [0.05, 0.1) is 35.6 Å². The van der Waals surface area contributed by atoms with Crippen molar-refractivity contribution in [3.05, 3.63) is 70.2 Å². The number of benzene rings is 1. The van der Waals surface area contributed by atoms with Crippen molar-refractivity contribution in [2.45, 2.75) is 76.2 Å². The zero-order valence-corrected chi connectivity index (χ0v) is 32.8. The first-order chi connectivity index (χ1) is 26.9. The average molecular weight is 787 g/mol. The molecule has 0 atom stereocenters. The average Bonchev–Trinajstić information content (AvgIpc) is 3.65. The molecule has 2 saturated carbocycles. The fourth-order valence-corrected chi connectivity index (χ4v) is 10.2. The molecule has 15 nitrogen and oxygen atoms in total. The van der Waals surface area contributed by atoms with E-state index < -0.39 is 31.4 Å². The molecule has 0 radical (unpaired) electrons. The van der Waals surface area contributed by atoms with Gasteiger partial charge in [-0.05, 0) is 87.0 Å². The molecule has 16 heteroatoms. The van der Waals surface area contributed by atoms with Gasteiger partial charge in [0.25, 0.3) is 15.9 Å². The Balaban J connectivity index is 1.01. The molecule has 3 aromatic heterocycles. The second-order valence-electron chi connectivity index (χ2n) is 16.2. The SMILES string of the molecule is Cc1nc(NC[C@H]2CC[C@@H](C)CC2)c([N+](=O)[O-])cc1S(=O)(=O)NC(=O)c1ccc(N2CCC3(CC2)CC(N2CCOCC2)C3)cc1Oc1cnc2[nH]ccc2c1. The number of carbonyl (C=O) groups excluding carboxylic acids is 1. The van der Waals surface area contributed by atoms with Crippen molar-refractivity contribution in [3.63, 3.8) is 0 Å². The number of nitrogens with zero attached hydrogens (tertiary/aromatic N) is 5. The minimum absolute atomic E-state index is 0.00790. The van der Waals surface area contributed by atoms with E-state index in [-0.39, 0.29) is 22.8 Å². The van der Waals surface area contributed by atoms with Crippen LogP contribution in [0.3, 0.4) is 0 Å².